The fraction of sp³-hybridized carbons (Fsp3) is 0.333. The fourth-order valence-corrected chi connectivity index (χ4v) is 3.18. The van der Waals surface area contributed by atoms with Crippen molar-refractivity contribution in [1.82, 2.24) is 20.0 Å². The van der Waals surface area contributed by atoms with Gasteiger partial charge in [0.05, 0.1) is 16.6 Å². The number of hydrogen-bond donors (Lipinski definition) is 0. The molecule has 2 heterocycles. The maximum Gasteiger partial charge on any atom is 0.343 e. The third-order valence-corrected chi connectivity index (χ3v) is 4.96. The lowest BCUT2D eigenvalue weighted by molar-refractivity contribution is 0.0522. The quantitative estimate of drug-likeness (QED) is 0.565. The Morgan fingerprint density at radius 1 is 1.35 bits per heavy atom. The summed E-state index contributed by atoms with van der Waals surface area (Å²) < 4.78 is 13.5. The average Bonchev–Trinajstić information content (AvgIpc) is 3.37. The Morgan fingerprint density at radius 3 is 2.96 bits per heavy atom. The normalized spacial score (nSPS) is 13.8. The van der Waals surface area contributed by atoms with Gasteiger partial charge in [-0.3, -0.25) is 0 Å². The van der Waals surface area contributed by atoms with E-state index in [-0.39, 0.29) is 18.1 Å². The lowest BCUT2D eigenvalue weighted by Gasteiger charge is -2.10. The topological polar surface area (TPSA) is 79.1 Å². The number of carbonyl (C=O) groups is 1. The Hall–Kier alpha value is -2.48. The van der Waals surface area contributed by atoms with Crippen LogP contribution in [0.3, 0.4) is 0 Å². The highest BCUT2D eigenvalue weighted by atomic mass is 79.9. The van der Waals surface area contributed by atoms with Gasteiger partial charge in [-0.15, -0.1) is 5.10 Å². The van der Waals surface area contributed by atoms with Crippen LogP contribution in [0.1, 0.15) is 30.1 Å². The summed E-state index contributed by atoms with van der Waals surface area (Å²) in [5.74, 6) is 0.940. The van der Waals surface area contributed by atoms with E-state index in [0.717, 1.165) is 17.6 Å². The third-order valence-electron chi connectivity index (χ3n) is 4.19. The predicted molar refractivity (Wildman–Crippen MR) is 98.2 cm³/mol. The molecule has 1 aliphatic carbocycles. The zero-order valence-electron chi connectivity index (χ0n) is 14.2. The molecule has 0 amide bonds. The fourth-order valence-electron chi connectivity index (χ4n) is 2.69. The molecular weight excluding hydrogens is 400 g/mol. The zero-order chi connectivity index (χ0) is 18.1. The van der Waals surface area contributed by atoms with Crippen LogP contribution in [0.15, 0.2) is 34.9 Å². The van der Waals surface area contributed by atoms with Crippen LogP contribution in [0, 0.1) is 5.92 Å². The molecule has 4 rings (SSSR count). The van der Waals surface area contributed by atoms with Gasteiger partial charge in [-0.1, -0.05) is 5.21 Å². The molecule has 0 aliphatic heterocycles. The smallest absolute Gasteiger partial charge is 0.343 e. The van der Waals surface area contributed by atoms with E-state index in [0.29, 0.717) is 16.1 Å². The van der Waals surface area contributed by atoms with Crippen molar-refractivity contribution < 1.29 is 14.3 Å². The Labute approximate surface area is 158 Å². The van der Waals surface area contributed by atoms with E-state index < -0.39 is 5.97 Å². The van der Waals surface area contributed by atoms with Gasteiger partial charge in [0, 0.05) is 12.7 Å². The van der Waals surface area contributed by atoms with Crippen LogP contribution in [-0.2, 0) is 11.3 Å². The molecule has 0 N–H and O–H groups in total. The summed E-state index contributed by atoms with van der Waals surface area (Å²) in [4.78, 5) is 16.3. The number of fused-ring (bicyclic) bond motifs is 1. The van der Waals surface area contributed by atoms with Gasteiger partial charge < -0.3 is 9.47 Å². The number of esters is 1. The van der Waals surface area contributed by atoms with Crippen LogP contribution in [0.4, 0.5) is 0 Å². The molecule has 3 aromatic rings. The van der Waals surface area contributed by atoms with Crippen molar-refractivity contribution in [3.05, 3.63) is 40.5 Å². The standard InChI is InChI=1S/C18H17BrN4O3/c1-2-25-18(24)12-4-3-9-20-17(12)26-14-8-7-13-16(15(14)19)21-22-23(13)10-11-5-6-11/h3-4,7-9,11H,2,5-6,10H2,1H3. The number of hydrogen-bond acceptors (Lipinski definition) is 6. The van der Waals surface area contributed by atoms with E-state index in [4.69, 9.17) is 9.47 Å². The summed E-state index contributed by atoms with van der Waals surface area (Å²) in [5.41, 5.74) is 1.94. The Morgan fingerprint density at radius 2 is 2.19 bits per heavy atom. The van der Waals surface area contributed by atoms with Gasteiger partial charge in [-0.2, -0.15) is 0 Å². The average molecular weight is 417 g/mol. The van der Waals surface area contributed by atoms with E-state index >= 15 is 0 Å². The number of ether oxygens (including phenoxy) is 2. The van der Waals surface area contributed by atoms with Gasteiger partial charge in [0.15, 0.2) is 0 Å². The summed E-state index contributed by atoms with van der Waals surface area (Å²) in [7, 11) is 0. The zero-order valence-corrected chi connectivity index (χ0v) is 15.8. The van der Waals surface area contributed by atoms with Crippen molar-refractivity contribution in [2.24, 2.45) is 5.92 Å². The highest BCUT2D eigenvalue weighted by Gasteiger charge is 2.24. The van der Waals surface area contributed by atoms with Gasteiger partial charge >= 0.3 is 5.97 Å². The summed E-state index contributed by atoms with van der Waals surface area (Å²) >= 11 is 3.54. The molecule has 1 fully saturated rings. The number of carbonyl (C=O) groups excluding carboxylic acids is 1. The van der Waals surface area contributed by atoms with Crippen LogP contribution in [0.25, 0.3) is 11.0 Å². The van der Waals surface area contributed by atoms with Crippen LogP contribution in [0.2, 0.25) is 0 Å². The second-order valence-corrected chi connectivity index (χ2v) is 6.93. The third kappa shape index (κ3) is 3.29. The maximum absolute atomic E-state index is 12.1. The van der Waals surface area contributed by atoms with Crippen molar-refractivity contribution in [3.63, 3.8) is 0 Å². The monoisotopic (exact) mass is 416 g/mol. The van der Waals surface area contributed by atoms with E-state index in [1.165, 1.54) is 12.8 Å². The Balaban J connectivity index is 1.66. The van der Waals surface area contributed by atoms with Crippen LogP contribution in [0.5, 0.6) is 11.6 Å². The minimum atomic E-state index is -0.469. The van der Waals surface area contributed by atoms with Crippen LogP contribution < -0.4 is 4.74 Å². The molecule has 134 valence electrons. The molecule has 0 unspecified atom stereocenters. The number of benzene rings is 1. The second kappa shape index (κ2) is 7.03. The molecular formula is C18H17BrN4O3. The first-order valence-electron chi connectivity index (χ1n) is 8.49. The Bertz CT molecular complexity index is 968. The van der Waals surface area contributed by atoms with Crippen LogP contribution in [-0.4, -0.2) is 32.6 Å². The molecule has 26 heavy (non-hydrogen) atoms. The Kier molecular flexibility index (Phi) is 4.58. The molecule has 0 saturated heterocycles. The number of rotatable bonds is 6. The number of aromatic nitrogens is 4. The molecule has 1 aliphatic rings. The molecule has 0 radical (unpaired) electrons. The van der Waals surface area contributed by atoms with E-state index in [1.807, 2.05) is 16.8 Å². The highest BCUT2D eigenvalue weighted by Crippen LogP contribution is 2.36. The lowest BCUT2D eigenvalue weighted by Crippen LogP contribution is -2.07. The summed E-state index contributed by atoms with van der Waals surface area (Å²) in [6.07, 6.45) is 4.07. The second-order valence-electron chi connectivity index (χ2n) is 6.14. The molecule has 0 atom stereocenters. The molecule has 0 spiro atoms. The molecule has 2 aromatic heterocycles. The van der Waals surface area contributed by atoms with E-state index in [2.05, 4.69) is 31.2 Å². The van der Waals surface area contributed by atoms with Gasteiger partial charge in [0.1, 0.15) is 16.8 Å². The molecule has 1 saturated carbocycles. The van der Waals surface area contributed by atoms with Crippen molar-refractivity contribution in [2.75, 3.05) is 6.61 Å². The van der Waals surface area contributed by atoms with Gasteiger partial charge in [-0.05, 0) is 65.9 Å². The summed E-state index contributed by atoms with van der Waals surface area (Å²) in [5, 5.41) is 8.51. The molecule has 8 heteroatoms. The summed E-state index contributed by atoms with van der Waals surface area (Å²) in [6.45, 7) is 2.92. The van der Waals surface area contributed by atoms with Gasteiger partial charge in [0.25, 0.3) is 0 Å². The van der Waals surface area contributed by atoms with Crippen molar-refractivity contribution >= 4 is 32.9 Å². The minimum Gasteiger partial charge on any atom is -0.462 e. The van der Waals surface area contributed by atoms with Crippen molar-refractivity contribution in [2.45, 2.75) is 26.3 Å². The molecule has 0 bridgehead atoms. The van der Waals surface area contributed by atoms with Crippen LogP contribution >= 0.6 is 15.9 Å². The SMILES string of the molecule is CCOC(=O)c1cccnc1Oc1ccc2c(nnn2CC2CC2)c1Br. The maximum atomic E-state index is 12.1. The highest BCUT2D eigenvalue weighted by molar-refractivity contribution is 9.10. The van der Waals surface area contributed by atoms with Gasteiger partial charge in [0.2, 0.25) is 5.88 Å². The molecule has 7 nitrogen and oxygen atoms in total. The molecule has 1 aromatic carbocycles. The first kappa shape index (κ1) is 17.0. The largest absolute Gasteiger partial charge is 0.462 e. The predicted octanol–water partition coefficient (Wildman–Crippen LogP) is 3.97. The summed E-state index contributed by atoms with van der Waals surface area (Å²) in [6, 6.07) is 7.03. The van der Waals surface area contributed by atoms with E-state index in [9.17, 15) is 4.79 Å². The van der Waals surface area contributed by atoms with Crippen molar-refractivity contribution in [1.29, 1.82) is 0 Å². The number of halogens is 1. The first-order valence-corrected chi connectivity index (χ1v) is 9.28. The van der Waals surface area contributed by atoms with Crippen molar-refractivity contribution in [3.8, 4) is 11.6 Å². The first-order chi connectivity index (χ1) is 12.7. The van der Waals surface area contributed by atoms with Gasteiger partial charge in [-0.25, -0.2) is 14.5 Å². The van der Waals surface area contributed by atoms with E-state index in [1.54, 1.807) is 25.3 Å². The minimum absolute atomic E-state index is 0.191. The number of pyridine rings is 1. The lowest BCUT2D eigenvalue weighted by atomic mass is 10.2. The number of nitrogens with zero attached hydrogens (tertiary/aromatic N) is 4.